The maximum absolute atomic E-state index is 10.1. The van der Waals surface area contributed by atoms with E-state index >= 15 is 0 Å². The minimum Gasteiger partial charge on any atom is -0.437 e. The lowest BCUT2D eigenvalue weighted by molar-refractivity contribution is -0.157. The van der Waals surface area contributed by atoms with Crippen LogP contribution in [0.4, 0.5) is 0 Å². The number of carbonyl (C=O) groups is 1. The molecule has 0 spiro atoms. The summed E-state index contributed by atoms with van der Waals surface area (Å²) in [5, 5.41) is 18.7. The first-order chi connectivity index (χ1) is 9.64. The minimum atomic E-state index is -1.31. The van der Waals surface area contributed by atoms with Crippen LogP contribution < -0.4 is 0 Å². The first kappa shape index (κ1) is 18.6. The van der Waals surface area contributed by atoms with E-state index in [1.54, 1.807) is 14.2 Å². The van der Waals surface area contributed by atoms with E-state index in [-0.39, 0.29) is 13.1 Å². The molecule has 0 saturated heterocycles. The van der Waals surface area contributed by atoms with E-state index in [0.29, 0.717) is 0 Å². The third-order valence-electron chi connectivity index (χ3n) is 2.68. The Labute approximate surface area is 120 Å². The van der Waals surface area contributed by atoms with Crippen molar-refractivity contribution in [2.24, 2.45) is 0 Å². The third-order valence-corrected chi connectivity index (χ3v) is 2.68. The van der Waals surface area contributed by atoms with Gasteiger partial charge in [-0.15, -0.1) is 0 Å². The molecule has 0 heterocycles. The predicted octanol–water partition coefficient (Wildman–Crippen LogP) is 1.47. The SMILES string of the molecule is CCCc1ccc(C(CO)C(O)OC=O)cc1.COC. The van der Waals surface area contributed by atoms with Crippen molar-refractivity contribution in [2.45, 2.75) is 32.0 Å². The molecule has 1 rings (SSSR count). The lowest BCUT2D eigenvalue weighted by Crippen LogP contribution is -2.24. The van der Waals surface area contributed by atoms with Crippen molar-refractivity contribution in [1.82, 2.24) is 0 Å². The lowest BCUT2D eigenvalue weighted by atomic mass is 9.97. The highest BCUT2D eigenvalue weighted by atomic mass is 16.6. The van der Waals surface area contributed by atoms with Gasteiger partial charge >= 0.3 is 0 Å². The summed E-state index contributed by atoms with van der Waals surface area (Å²) in [7, 11) is 3.25. The van der Waals surface area contributed by atoms with Crippen LogP contribution in [0.2, 0.25) is 0 Å². The molecule has 0 radical (unpaired) electrons. The Balaban J connectivity index is 0.00000110. The van der Waals surface area contributed by atoms with Crippen LogP contribution in [-0.2, 0) is 20.7 Å². The molecule has 0 amide bonds. The average molecular weight is 284 g/mol. The van der Waals surface area contributed by atoms with Crippen LogP contribution in [0.5, 0.6) is 0 Å². The lowest BCUT2D eigenvalue weighted by Gasteiger charge is -2.19. The minimum absolute atomic E-state index is 0.179. The Morgan fingerprint density at radius 3 is 2.20 bits per heavy atom. The number of aryl methyl sites for hydroxylation is 1. The Morgan fingerprint density at radius 1 is 1.25 bits per heavy atom. The molecule has 0 saturated carbocycles. The molecule has 1 aromatic rings. The van der Waals surface area contributed by atoms with Gasteiger partial charge in [-0.1, -0.05) is 37.6 Å². The van der Waals surface area contributed by atoms with Gasteiger partial charge in [0.1, 0.15) is 0 Å². The monoisotopic (exact) mass is 284 g/mol. The van der Waals surface area contributed by atoms with Crippen LogP contribution in [0.1, 0.15) is 30.4 Å². The van der Waals surface area contributed by atoms with Crippen molar-refractivity contribution in [3.05, 3.63) is 35.4 Å². The van der Waals surface area contributed by atoms with Gasteiger partial charge < -0.3 is 19.7 Å². The zero-order valence-electron chi connectivity index (χ0n) is 12.3. The molecule has 0 aromatic heterocycles. The second-order valence-corrected chi connectivity index (χ2v) is 4.31. The van der Waals surface area contributed by atoms with Crippen molar-refractivity contribution >= 4 is 6.47 Å². The fraction of sp³-hybridized carbons (Fsp3) is 0.533. The number of benzene rings is 1. The summed E-state index contributed by atoms with van der Waals surface area (Å²) >= 11 is 0. The zero-order valence-corrected chi connectivity index (χ0v) is 12.3. The summed E-state index contributed by atoms with van der Waals surface area (Å²) in [4.78, 5) is 10.1. The maximum atomic E-state index is 10.1. The maximum Gasteiger partial charge on any atom is 0.295 e. The second-order valence-electron chi connectivity index (χ2n) is 4.31. The van der Waals surface area contributed by atoms with Crippen LogP contribution in [-0.4, -0.2) is 43.8 Å². The quantitative estimate of drug-likeness (QED) is 0.586. The zero-order chi connectivity index (χ0) is 15.4. The molecular formula is C15H24O5. The van der Waals surface area contributed by atoms with Crippen molar-refractivity contribution in [3.8, 4) is 0 Å². The van der Waals surface area contributed by atoms with Crippen LogP contribution in [0.25, 0.3) is 0 Å². The van der Waals surface area contributed by atoms with Crippen LogP contribution in [0, 0.1) is 0 Å². The molecule has 0 bridgehead atoms. The second kappa shape index (κ2) is 11.4. The molecule has 0 aliphatic carbocycles. The smallest absolute Gasteiger partial charge is 0.295 e. The van der Waals surface area contributed by atoms with Gasteiger partial charge in [-0.2, -0.15) is 0 Å². The van der Waals surface area contributed by atoms with Gasteiger partial charge in [0.05, 0.1) is 12.5 Å². The van der Waals surface area contributed by atoms with Crippen LogP contribution >= 0.6 is 0 Å². The number of rotatable bonds is 7. The molecule has 2 unspecified atom stereocenters. The summed E-state index contributed by atoms with van der Waals surface area (Å²) in [6.07, 6.45) is 0.756. The van der Waals surface area contributed by atoms with E-state index in [4.69, 9.17) is 0 Å². The van der Waals surface area contributed by atoms with Crippen molar-refractivity contribution < 1.29 is 24.5 Å². The number of hydrogen-bond acceptors (Lipinski definition) is 5. The summed E-state index contributed by atoms with van der Waals surface area (Å²) in [6, 6.07) is 7.58. The van der Waals surface area contributed by atoms with Gasteiger partial charge in [-0.05, 0) is 17.5 Å². The van der Waals surface area contributed by atoms with Gasteiger partial charge in [-0.25, -0.2) is 0 Å². The Morgan fingerprint density at radius 2 is 1.80 bits per heavy atom. The molecule has 114 valence electrons. The molecule has 2 N–H and O–H groups in total. The molecule has 5 heteroatoms. The number of ether oxygens (including phenoxy) is 2. The van der Waals surface area contributed by atoms with Crippen molar-refractivity contribution in [2.75, 3.05) is 20.8 Å². The molecule has 0 aliphatic rings. The van der Waals surface area contributed by atoms with Crippen molar-refractivity contribution in [1.29, 1.82) is 0 Å². The first-order valence-electron chi connectivity index (χ1n) is 6.51. The van der Waals surface area contributed by atoms with E-state index in [9.17, 15) is 15.0 Å². The third kappa shape index (κ3) is 6.65. The Hall–Kier alpha value is -1.43. The molecule has 1 aromatic carbocycles. The van der Waals surface area contributed by atoms with Gasteiger partial charge in [0.25, 0.3) is 6.47 Å². The number of carbonyl (C=O) groups excluding carboxylic acids is 1. The summed E-state index contributed by atoms with van der Waals surface area (Å²) in [5.41, 5.74) is 1.96. The molecule has 2 atom stereocenters. The molecular weight excluding hydrogens is 260 g/mol. The van der Waals surface area contributed by atoms with Gasteiger partial charge in [0, 0.05) is 14.2 Å². The molecule has 5 nitrogen and oxygen atoms in total. The van der Waals surface area contributed by atoms with Crippen LogP contribution in [0.3, 0.4) is 0 Å². The number of aliphatic hydroxyl groups excluding tert-OH is 2. The molecule has 20 heavy (non-hydrogen) atoms. The highest BCUT2D eigenvalue weighted by Gasteiger charge is 2.21. The van der Waals surface area contributed by atoms with Crippen molar-refractivity contribution in [3.63, 3.8) is 0 Å². The summed E-state index contributed by atoms with van der Waals surface area (Å²) < 4.78 is 8.69. The normalized spacial score (nSPS) is 12.8. The number of methoxy groups -OCH3 is 1. The average Bonchev–Trinajstić information content (AvgIpc) is 2.43. The highest BCUT2D eigenvalue weighted by molar-refractivity contribution is 5.37. The Kier molecular flexibility index (Phi) is 10.6. The fourth-order valence-electron chi connectivity index (χ4n) is 1.73. The molecule has 0 aliphatic heterocycles. The van der Waals surface area contributed by atoms with Gasteiger partial charge in [-0.3, -0.25) is 4.79 Å². The molecule has 0 fully saturated rings. The van der Waals surface area contributed by atoms with Gasteiger partial charge in [0.15, 0.2) is 0 Å². The predicted molar refractivity (Wildman–Crippen MR) is 76.4 cm³/mol. The topological polar surface area (TPSA) is 76.0 Å². The Bertz CT molecular complexity index is 350. The van der Waals surface area contributed by atoms with Crippen LogP contribution in [0.15, 0.2) is 24.3 Å². The summed E-state index contributed by atoms with van der Waals surface area (Å²) in [6.45, 7) is 2.01. The number of aliphatic hydroxyl groups is 2. The number of hydrogen-bond donors (Lipinski definition) is 2. The highest BCUT2D eigenvalue weighted by Crippen LogP contribution is 2.20. The summed E-state index contributed by atoms with van der Waals surface area (Å²) in [5.74, 6) is -0.601. The van der Waals surface area contributed by atoms with E-state index < -0.39 is 12.2 Å². The van der Waals surface area contributed by atoms with E-state index in [0.717, 1.165) is 18.4 Å². The van der Waals surface area contributed by atoms with E-state index in [1.165, 1.54) is 5.56 Å². The first-order valence-corrected chi connectivity index (χ1v) is 6.51. The van der Waals surface area contributed by atoms with E-state index in [1.807, 2.05) is 24.3 Å². The largest absolute Gasteiger partial charge is 0.437 e. The fourth-order valence-corrected chi connectivity index (χ4v) is 1.73. The standard InChI is InChI=1S/C13H18O4.C2H6O/c1-2-3-10-4-6-11(7-5-10)12(8-14)13(16)17-9-15;1-3-2/h4-7,9,12-14,16H,2-3,8H2,1H3;1-2H3. The van der Waals surface area contributed by atoms with E-state index in [2.05, 4.69) is 16.4 Å². The van der Waals surface area contributed by atoms with Gasteiger partial charge in [0.2, 0.25) is 6.29 Å².